The molecule has 1 amide bonds. The summed E-state index contributed by atoms with van der Waals surface area (Å²) in [5.41, 5.74) is 0. The lowest BCUT2D eigenvalue weighted by atomic mass is 10.1. The predicted molar refractivity (Wildman–Crippen MR) is 81.9 cm³/mol. The number of halogens is 2. The van der Waals surface area contributed by atoms with Crippen LogP contribution in [0, 0.1) is 0 Å². The number of hydrogen-bond donors (Lipinski definition) is 2. The molecule has 0 aromatic rings. The SMILES string of the molecule is CCCCCCCCC(=O)N[C@H]1CCNC1.Cl.Cl. The van der Waals surface area contributed by atoms with Gasteiger partial charge >= 0.3 is 0 Å². The Morgan fingerprint density at radius 3 is 2.44 bits per heavy atom. The minimum absolute atomic E-state index is 0. The van der Waals surface area contributed by atoms with Gasteiger partial charge in [-0.1, -0.05) is 39.0 Å². The van der Waals surface area contributed by atoms with E-state index in [-0.39, 0.29) is 30.7 Å². The van der Waals surface area contributed by atoms with Gasteiger partial charge in [-0.05, 0) is 19.4 Å². The lowest BCUT2D eigenvalue weighted by molar-refractivity contribution is -0.121. The van der Waals surface area contributed by atoms with E-state index in [0.29, 0.717) is 12.5 Å². The predicted octanol–water partition coefficient (Wildman–Crippen LogP) is 3.06. The molecule has 1 rings (SSSR count). The molecule has 0 bridgehead atoms. The zero-order chi connectivity index (χ0) is 11.6. The minimum atomic E-state index is 0. The Morgan fingerprint density at radius 1 is 1.17 bits per heavy atom. The third kappa shape index (κ3) is 9.98. The second-order valence-corrected chi connectivity index (χ2v) is 4.78. The van der Waals surface area contributed by atoms with Gasteiger partial charge < -0.3 is 10.6 Å². The molecule has 1 aliphatic heterocycles. The third-order valence-corrected chi connectivity index (χ3v) is 3.18. The van der Waals surface area contributed by atoms with Gasteiger partial charge in [-0.15, -0.1) is 24.8 Å². The van der Waals surface area contributed by atoms with Crippen LogP contribution < -0.4 is 10.6 Å². The first-order valence-electron chi connectivity index (χ1n) is 6.83. The van der Waals surface area contributed by atoms with E-state index in [0.717, 1.165) is 25.9 Å². The molecule has 1 fully saturated rings. The topological polar surface area (TPSA) is 41.1 Å². The van der Waals surface area contributed by atoms with Crippen LogP contribution in [0.3, 0.4) is 0 Å². The molecule has 0 spiro atoms. The Morgan fingerprint density at radius 2 is 1.83 bits per heavy atom. The van der Waals surface area contributed by atoms with Crippen molar-refractivity contribution in [1.82, 2.24) is 10.6 Å². The lowest BCUT2D eigenvalue weighted by Crippen LogP contribution is -2.35. The molecule has 0 radical (unpaired) electrons. The lowest BCUT2D eigenvalue weighted by Gasteiger charge is -2.10. The fourth-order valence-electron chi connectivity index (χ4n) is 2.14. The molecule has 3 nitrogen and oxygen atoms in total. The third-order valence-electron chi connectivity index (χ3n) is 3.18. The van der Waals surface area contributed by atoms with Crippen LogP contribution in [-0.2, 0) is 4.79 Å². The first-order valence-corrected chi connectivity index (χ1v) is 6.83. The monoisotopic (exact) mass is 298 g/mol. The molecule has 0 aliphatic carbocycles. The number of amides is 1. The molecule has 1 atom stereocenters. The molecule has 0 aromatic carbocycles. The summed E-state index contributed by atoms with van der Waals surface area (Å²) in [6, 6.07) is 0.382. The van der Waals surface area contributed by atoms with Gasteiger partial charge in [0.25, 0.3) is 0 Å². The molecule has 0 unspecified atom stereocenters. The van der Waals surface area contributed by atoms with Crippen molar-refractivity contribution in [2.45, 2.75) is 64.3 Å². The van der Waals surface area contributed by atoms with E-state index < -0.39 is 0 Å². The number of carbonyl (C=O) groups is 1. The van der Waals surface area contributed by atoms with Crippen molar-refractivity contribution in [2.24, 2.45) is 0 Å². The van der Waals surface area contributed by atoms with E-state index in [2.05, 4.69) is 17.6 Å². The molecule has 1 saturated heterocycles. The summed E-state index contributed by atoms with van der Waals surface area (Å²) in [4.78, 5) is 11.5. The largest absolute Gasteiger partial charge is 0.352 e. The van der Waals surface area contributed by atoms with E-state index in [1.165, 1.54) is 32.1 Å². The van der Waals surface area contributed by atoms with E-state index in [9.17, 15) is 4.79 Å². The highest BCUT2D eigenvalue weighted by molar-refractivity contribution is 5.85. The quantitative estimate of drug-likeness (QED) is 0.676. The molecule has 1 aliphatic rings. The van der Waals surface area contributed by atoms with Crippen molar-refractivity contribution < 1.29 is 4.79 Å². The average molecular weight is 299 g/mol. The van der Waals surface area contributed by atoms with Crippen LogP contribution in [0.25, 0.3) is 0 Å². The van der Waals surface area contributed by atoms with Gasteiger partial charge in [0, 0.05) is 19.0 Å². The maximum Gasteiger partial charge on any atom is 0.220 e. The molecule has 0 saturated carbocycles. The Hall–Kier alpha value is 0.01000. The maximum atomic E-state index is 11.5. The number of hydrogen-bond acceptors (Lipinski definition) is 2. The highest BCUT2D eigenvalue weighted by atomic mass is 35.5. The van der Waals surface area contributed by atoms with Crippen molar-refractivity contribution in [2.75, 3.05) is 13.1 Å². The maximum absolute atomic E-state index is 11.5. The fraction of sp³-hybridized carbons (Fsp3) is 0.923. The van der Waals surface area contributed by atoms with Gasteiger partial charge in [-0.3, -0.25) is 4.79 Å². The van der Waals surface area contributed by atoms with Gasteiger partial charge in [0.1, 0.15) is 0 Å². The minimum Gasteiger partial charge on any atom is -0.352 e. The van der Waals surface area contributed by atoms with Crippen molar-refractivity contribution >= 4 is 30.7 Å². The van der Waals surface area contributed by atoms with Crippen LogP contribution >= 0.6 is 24.8 Å². The number of nitrogens with one attached hydrogen (secondary N) is 2. The van der Waals surface area contributed by atoms with Gasteiger partial charge in [-0.25, -0.2) is 0 Å². The number of carbonyl (C=O) groups excluding carboxylic acids is 1. The second kappa shape index (κ2) is 13.4. The Kier molecular flexibility index (Phi) is 15.2. The summed E-state index contributed by atoms with van der Waals surface area (Å²) in [5.74, 6) is 0.240. The van der Waals surface area contributed by atoms with Gasteiger partial charge in [0.2, 0.25) is 5.91 Å². The highest BCUT2D eigenvalue weighted by Gasteiger charge is 2.15. The van der Waals surface area contributed by atoms with Crippen LogP contribution in [0.5, 0.6) is 0 Å². The first-order chi connectivity index (χ1) is 7.83. The van der Waals surface area contributed by atoms with E-state index in [1.807, 2.05) is 0 Å². The van der Waals surface area contributed by atoms with Crippen molar-refractivity contribution in [3.63, 3.8) is 0 Å². The molecule has 5 heteroatoms. The van der Waals surface area contributed by atoms with Crippen molar-refractivity contribution in [3.8, 4) is 0 Å². The van der Waals surface area contributed by atoms with Crippen molar-refractivity contribution in [3.05, 3.63) is 0 Å². The zero-order valence-electron chi connectivity index (χ0n) is 11.4. The van der Waals surface area contributed by atoms with E-state index in [4.69, 9.17) is 0 Å². The number of rotatable bonds is 8. The summed E-state index contributed by atoms with van der Waals surface area (Å²) < 4.78 is 0. The molecular weight excluding hydrogens is 271 g/mol. The summed E-state index contributed by atoms with van der Waals surface area (Å²) in [6.45, 7) is 4.22. The summed E-state index contributed by atoms with van der Waals surface area (Å²) >= 11 is 0. The average Bonchev–Trinajstić information content (AvgIpc) is 2.76. The molecule has 2 N–H and O–H groups in total. The van der Waals surface area contributed by atoms with Gasteiger partial charge in [0.05, 0.1) is 0 Å². The van der Waals surface area contributed by atoms with E-state index >= 15 is 0 Å². The molecular formula is C13H28Cl2N2O. The van der Waals surface area contributed by atoms with Crippen LogP contribution in [0.15, 0.2) is 0 Å². The smallest absolute Gasteiger partial charge is 0.220 e. The molecule has 110 valence electrons. The number of unbranched alkanes of at least 4 members (excludes halogenated alkanes) is 5. The van der Waals surface area contributed by atoms with Gasteiger partial charge in [-0.2, -0.15) is 0 Å². The normalized spacial score (nSPS) is 17.7. The summed E-state index contributed by atoms with van der Waals surface area (Å²) in [5, 5.41) is 6.33. The Bertz CT molecular complexity index is 197. The van der Waals surface area contributed by atoms with Crippen LogP contribution in [0.2, 0.25) is 0 Å². The fourth-order valence-corrected chi connectivity index (χ4v) is 2.14. The van der Waals surface area contributed by atoms with Crippen LogP contribution in [-0.4, -0.2) is 25.0 Å². The second-order valence-electron chi connectivity index (χ2n) is 4.78. The van der Waals surface area contributed by atoms with Gasteiger partial charge in [0.15, 0.2) is 0 Å². The molecule has 1 heterocycles. The van der Waals surface area contributed by atoms with Crippen molar-refractivity contribution in [1.29, 1.82) is 0 Å². The Balaban J connectivity index is 0. The summed E-state index contributed by atoms with van der Waals surface area (Å²) in [6.07, 6.45) is 9.28. The van der Waals surface area contributed by atoms with Crippen LogP contribution in [0.4, 0.5) is 0 Å². The Labute approximate surface area is 124 Å². The zero-order valence-corrected chi connectivity index (χ0v) is 13.0. The highest BCUT2D eigenvalue weighted by Crippen LogP contribution is 2.07. The standard InChI is InChI=1S/C13H26N2O.2ClH/c1-2-3-4-5-6-7-8-13(16)15-12-9-10-14-11-12;;/h12,14H,2-11H2,1H3,(H,15,16);2*1H/t12-;;/m0../s1. The molecule has 18 heavy (non-hydrogen) atoms. The van der Waals surface area contributed by atoms with E-state index in [1.54, 1.807) is 0 Å². The summed E-state index contributed by atoms with van der Waals surface area (Å²) in [7, 11) is 0. The van der Waals surface area contributed by atoms with Crippen LogP contribution in [0.1, 0.15) is 58.3 Å². The molecule has 0 aromatic heterocycles. The first kappa shape index (κ1) is 20.3.